The van der Waals surface area contributed by atoms with Crippen LogP contribution in [-0.2, 0) is 16.9 Å². The third kappa shape index (κ3) is 3.21. The molecule has 1 unspecified atom stereocenters. The van der Waals surface area contributed by atoms with E-state index in [1.54, 1.807) is 38.1 Å². The van der Waals surface area contributed by atoms with Crippen LogP contribution < -0.4 is 10.9 Å². The summed E-state index contributed by atoms with van der Waals surface area (Å²) in [4.78, 5) is 29.3. The van der Waals surface area contributed by atoms with Crippen LogP contribution in [0.5, 0.6) is 5.75 Å². The molecule has 3 N–H and O–H groups in total. The zero-order valence-electron chi connectivity index (χ0n) is 14.6. The zero-order valence-corrected chi connectivity index (χ0v) is 14.6. The van der Waals surface area contributed by atoms with E-state index in [0.29, 0.717) is 12.2 Å². The molecule has 26 heavy (non-hydrogen) atoms. The van der Waals surface area contributed by atoms with Crippen LogP contribution in [0.15, 0.2) is 35.1 Å². The summed E-state index contributed by atoms with van der Waals surface area (Å²) >= 11 is 0. The Balaban J connectivity index is 1.97. The molecule has 1 amide bonds. The molecule has 1 aliphatic rings. The number of aliphatic hydroxyl groups is 1. The Morgan fingerprint density at radius 1 is 1.38 bits per heavy atom. The Hall–Kier alpha value is -2.71. The fourth-order valence-electron chi connectivity index (χ4n) is 2.97. The molecule has 2 heterocycles. The lowest BCUT2D eigenvalue weighted by Crippen LogP contribution is -2.42. The minimum atomic E-state index is -0.865. The van der Waals surface area contributed by atoms with Crippen LogP contribution in [0.1, 0.15) is 41.8 Å². The first-order valence-electron chi connectivity index (χ1n) is 8.30. The third-order valence-corrected chi connectivity index (χ3v) is 4.37. The molecule has 0 bridgehead atoms. The van der Waals surface area contributed by atoms with Gasteiger partial charge in [0, 0.05) is 0 Å². The van der Waals surface area contributed by atoms with Crippen LogP contribution in [0.2, 0.25) is 0 Å². The highest BCUT2D eigenvalue weighted by atomic mass is 16.5. The fourth-order valence-corrected chi connectivity index (χ4v) is 2.97. The predicted octanol–water partition coefficient (Wildman–Crippen LogP) is 0.678. The second-order valence-corrected chi connectivity index (χ2v) is 6.57. The van der Waals surface area contributed by atoms with E-state index in [9.17, 15) is 19.8 Å². The van der Waals surface area contributed by atoms with E-state index >= 15 is 0 Å². The maximum atomic E-state index is 12.6. The van der Waals surface area contributed by atoms with Crippen LogP contribution in [-0.4, -0.2) is 38.9 Å². The summed E-state index contributed by atoms with van der Waals surface area (Å²) in [5, 5.41) is 22.4. The number of ether oxygens (including phenoxy) is 1. The number of carbonyl (C=O) groups is 1. The Bertz CT molecular complexity index is 876. The number of nitrogens with zero attached hydrogens (tertiary/aromatic N) is 2. The van der Waals surface area contributed by atoms with Crippen molar-refractivity contribution in [2.75, 3.05) is 13.2 Å². The molecule has 1 aromatic carbocycles. The van der Waals surface area contributed by atoms with Crippen LogP contribution >= 0.6 is 0 Å². The molecule has 0 saturated carbocycles. The number of hydrogen-bond acceptors (Lipinski definition) is 6. The molecule has 138 valence electrons. The van der Waals surface area contributed by atoms with Crippen molar-refractivity contribution in [3.8, 4) is 5.75 Å². The molecular weight excluding hydrogens is 338 g/mol. The molecule has 1 atom stereocenters. The molecular formula is C18H21N3O5. The normalized spacial score (nSPS) is 16.6. The van der Waals surface area contributed by atoms with Crippen molar-refractivity contribution in [2.24, 2.45) is 0 Å². The Kier molecular flexibility index (Phi) is 4.80. The van der Waals surface area contributed by atoms with Crippen molar-refractivity contribution in [3.05, 3.63) is 57.8 Å². The highest BCUT2D eigenvalue weighted by Crippen LogP contribution is 2.27. The molecule has 0 saturated heterocycles. The third-order valence-electron chi connectivity index (χ3n) is 4.37. The van der Waals surface area contributed by atoms with Gasteiger partial charge in [-0.05, 0) is 19.4 Å². The van der Waals surface area contributed by atoms with Gasteiger partial charge in [-0.25, -0.2) is 4.98 Å². The molecule has 1 aromatic heterocycles. The van der Waals surface area contributed by atoms with Gasteiger partial charge in [-0.1, -0.05) is 30.3 Å². The first-order chi connectivity index (χ1) is 12.3. The summed E-state index contributed by atoms with van der Waals surface area (Å²) in [7, 11) is 0. The molecule has 0 aliphatic carbocycles. The van der Waals surface area contributed by atoms with Gasteiger partial charge in [0.15, 0.2) is 5.69 Å². The Labute approximate surface area is 150 Å². The molecule has 0 fully saturated rings. The minimum Gasteiger partial charge on any atom is -0.501 e. The lowest BCUT2D eigenvalue weighted by Gasteiger charge is -2.32. The second-order valence-electron chi connectivity index (χ2n) is 6.57. The van der Waals surface area contributed by atoms with E-state index in [1.807, 2.05) is 6.07 Å². The lowest BCUT2D eigenvalue weighted by molar-refractivity contribution is -0.0567. The number of aromatic nitrogens is 2. The number of rotatable bonds is 4. The number of carbonyl (C=O) groups excluding carboxylic acids is 1. The maximum absolute atomic E-state index is 12.6. The van der Waals surface area contributed by atoms with Gasteiger partial charge in [0.2, 0.25) is 5.75 Å². The highest BCUT2D eigenvalue weighted by Gasteiger charge is 2.34. The van der Waals surface area contributed by atoms with E-state index in [0.717, 1.165) is 0 Å². The van der Waals surface area contributed by atoms with Crippen LogP contribution in [0, 0.1) is 0 Å². The molecule has 2 aromatic rings. The largest absolute Gasteiger partial charge is 0.501 e. The van der Waals surface area contributed by atoms with Gasteiger partial charge >= 0.3 is 0 Å². The molecule has 0 radical (unpaired) electrons. The molecule has 1 aliphatic heterocycles. The van der Waals surface area contributed by atoms with Gasteiger partial charge < -0.3 is 20.3 Å². The molecule has 0 spiro atoms. The standard InChI is InChI=1S/C18H21N3O5/c1-18(2)17-20-13(14(23)16(25)21(17)8-9-26-18)15(24)19-12(10-22)11-6-4-3-5-7-11/h3-7,12,22-23H,8-10H2,1-2H3,(H,19,24). The topological polar surface area (TPSA) is 114 Å². The Morgan fingerprint density at radius 3 is 2.73 bits per heavy atom. The fraction of sp³-hybridized carbons (Fsp3) is 0.389. The number of aliphatic hydroxyl groups excluding tert-OH is 1. The van der Waals surface area contributed by atoms with Crippen LogP contribution in [0.25, 0.3) is 0 Å². The zero-order chi connectivity index (χ0) is 18.9. The van der Waals surface area contributed by atoms with Crippen molar-refractivity contribution in [1.29, 1.82) is 0 Å². The van der Waals surface area contributed by atoms with Gasteiger partial charge in [-0.2, -0.15) is 0 Å². The van der Waals surface area contributed by atoms with Gasteiger partial charge in [-0.15, -0.1) is 0 Å². The number of amides is 1. The van der Waals surface area contributed by atoms with Crippen LogP contribution in [0.4, 0.5) is 0 Å². The number of hydrogen-bond donors (Lipinski definition) is 3. The monoisotopic (exact) mass is 359 g/mol. The minimum absolute atomic E-state index is 0.253. The molecule has 8 heteroatoms. The number of aromatic hydroxyl groups is 1. The number of nitrogens with one attached hydrogen (secondary N) is 1. The average molecular weight is 359 g/mol. The highest BCUT2D eigenvalue weighted by molar-refractivity contribution is 5.95. The second kappa shape index (κ2) is 6.89. The van der Waals surface area contributed by atoms with E-state index in [2.05, 4.69) is 10.3 Å². The SMILES string of the molecule is CC1(C)OCCn2c1nc(C(=O)NC(CO)c1ccccc1)c(O)c2=O. The van der Waals surface area contributed by atoms with Crippen molar-refractivity contribution < 1.29 is 19.7 Å². The maximum Gasteiger partial charge on any atom is 0.296 e. The van der Waals surface area contributed by atoms with E-state index < -0.39 is 28.9 Å². The van der Waals surface area contributed by atoms with Crippen molar-refractivity contribution in [2.45, 2.75) is 32.0 Å². The summed E-state index contributed by atoms with van der Waals surface area (Å²) in [6, 6.07) is 8.21. The summed E-state index contributed by atoms with van der Waals surface area (Å²) in [6.07, 6.45) is 0. The quantitative estimate of drug-likeness (QED) is 0.740. The summed E-state index contributed by atoms with van der Waals surface area (Å²) in [5.74, 6) is -1.18. The number of benzene rings is 1. The number of fused-ring (bicyclic) bond motifs is 1. The Morgan fingerprint density at radius 2 is 2.08 bits per heavy atom. The van der Waals surface area contributed by atoms with Gasteiger partial charge in [0.1, 0.15) is 11.4 Å². The van der Waals surface area contributed by atoms with Crippen molar-refractivity contribution in [3.63, 3.8) is 0 Å². The molecule has 3 rings (SSSR count). The van der Waals surface area contributed by atoms with E-state index in [4.69, 9.17) is 4.74 Å². The van der Waals surface area contributed by atoms with E-state index in [1.165, 1.54) is 4.57 Å². The average Bonchev–Trinajstić information content (AvgIpc) is 2.63. The van der Waals surface area contributed by atoms with Gasteiger partial charge in [0.05, 0.1) is 25.8 Å². The van der Waals surface area contributed by atoms with E-state index in [-0.39, 0.29) is 24.7 Å². The predicted molar refractivity (Wildman–Crippen MR) is 92.9 cm³/mol. The summed E-state index contributed by atoms with van der Waals surface area (Å²) < 4.78 is 6.93. The van der Waals surface area contributed by atoms with Gasteiger partial charge in [0.25, 0.3) is 11.5 Å². The van der Waals surface area contributed by atoms with Crippen molar-refractivity contribution >= 4 is 5.91 Å². The van der Waals surface area contributed by atoms with Crippen LogP contribution in [0.3, 0.4) is 0 Å². The van der Waals surface area contributed by atoms with Crippen molar-refractivity contribution in [1.82, 2.24) is 14.9 Å². The van der Waals surface area contributed by atoms with Gasteiger partial charge in [-0.3, -0.25) is 14.2 Å². The summed E-state index contributed by atoms with van der Waals surface area (Å²) in [5.41, 5.74) is -1.23. The lowest BCUT2D eigenvalue weighted by atomic mass is 10.1. The first-order valence-corrected chi connectivity index (χ1v) is 8.30. The molecule has 8 nitrogen and oxygen atoms in total. The smallest absolute Gasteiger partial charge is 0.296 e. The first kappa shape index (κ1) is 18.1. The summed E-state index contributed by atoms with van der Waals surface area (Å²) in [6.45, 7) is 3.71.